The van der Waals surface area contributed by atoms with Gasteiger partial charge in [-0.1, -0.05) is 50.7 Å². The first-order valence-electron chi connectivity index (χ1n) is 10.7. The third kappa shape index (κ3) is 5.06. The molecule has 4 rings (SSSR count). The Hall–Kier alpha value is -2.48. The van der Waals surface area contributed by atoms with Crippen LogP contribution >= 0.6 is 22.7 Å². The molecule has 4 aromatic rings. The Bertz CT molecular complexity index is 1200. The predicted octanol–water partition coefficient (Wildman–Crippen LogP) is 8.60. The standard InChI is InChI=1S/C27H24F2S2/c1-3-5-7-19-14-23(28)22(24(29)15-19)13-10-18-8-11-20(12-9-18)25-17-27-26(31-25)16-21(30-27)6-4-2/h8-9,11-12,14-17H,3-7H2,1-2H3. The van der Waals surface area contributed by atoms with Crippen LogP contribution in [-0.2, 0) is 12.8 Å². The predicted molar refractivity (Wildman–Crippen MR) is 130 cm³/mol. The molecule has 0 radical (unpaired) electrons. The van der Waals surface area contributed by atoms with Gasteiger partial charge in [0.1, 0.15) is 11.6 Å². The van der Waals surface area contributed by atoms with Crippen molar-refractivity contribution in [3.05, 3.63) is 81.7 Å². The van der Waals surface area contributed by atoms with E-state index < -0.39 is 11.6 Å². The zero-order valence-electron chi connectivity index (χ0n) is 17.7. The molecule has 158 valence electrons. The van der Waals surface area contributed by atoms with Gasteiger partial charge in [-0.25, -0.2) is 8.78 Å². The van der Waals surface area contributed by atoms with Crippen molar-refractivity contribution in [1.29, 1.82) is 0 Å². The summed E-state index contributed by atoms with van der Waals surface area (Å²) in [6, 6.07) is 15.2. The lowest BCUT2D eigenvalue weighted by atomic mass is 10.0. The van der Waals surface area contributed by atoms with Gasteiger partial charge in [-0.15, -0.1) is 22.7 Å². The average Bonchev–Trinajstić information content (AvgIpc) is 3.31. The number of benzene rings is 2. The third-order valence-corrected chi connectivity index (χ3v) is 7.58. The SMILES string of the molecule is CCCCc1cc(F)c(C#Cc2ccc(-c3cc4sc(CCC)cc4s3)cc2)c(F)c1. The fourth-order valence-electron chi connectivity index (χ4n) is 3.52. The molecule has 0 N–H and O–H groups in total. The molecule has 2 heterocycles. The number of rotatable bonds is 6. The number of thiophene rings is 2. The summed E-state index contributed by atoms with van der Waals surface area (Å²) in [5.74, 6) is 4.41. The lowest BCUT2D eigenvalue weighted by Crippen LogP contribution is -1.95. The van der Waals surface area contributed by atoms with Gasteiger partial charge in [-0.05, 0) is 66.8 Å². The van der Waals surface area contributed by atoms with Crippen LogP contribution in [0.15, 0.2) is 48.5 Å². The summed E-state index contributed by atoms with van der Waals surface area (Å²) in [5.41, 5.74) is 2.39. The van der Waals surface area contributed by atoms with E-state index in [4.69, 9.17) is 0 Å². The van der Waals surface area contributed by atoms with Crippen LogP contribution in [0, 0.1) is 23.5 Å². The Morgan fingerprint density at radius 3 is 2.13 bits per heavy atom. The first-order chi connectivity index (χ1) is 15.1. The second-order valence-electron chi connectivity index (χ2n) is 7.67. The van der Waals surface area contributed by atoms with Crippen molar-refractivity contribution in [3.63, 3.8) is 0 Å². The van der Waals surface area contributed by atoms with Crippen molar-refractivity contribution >= 4 is 32.1 Å². The topological polar surface area (TPSA) is 0 Å². The highest BCUT2D eigenvalue weighted by atomic mass is 32.1. The van der Waals surface area contributed by atoms with E-state index in [-0.39, 0.29) is 5.56 Å². The molecule has 0 atom stereocenters. The van der Waals surface area contributed by atoms with Crippen molar-refractivity contribution in [2.45, 2.75) is 46.0 Å². The summed E-state index contributed by atoms with van der Waals surface area (Å²) in [6.45, 7) is 4.26. The van der Waals surface area contributed by atoms with Crippen molar-refractivity contribution in [2.75, 3.05) is 0 Å². The molecular formula is C27H24F2S2. The summed E-state index contributed by atoms with van der Waals surface area (Å²) >= 11 is 3.67. The van der Waals surface area contributed by atoms with E-state index in [0.717, 1.165) is 30.4 Å². The molecule has 0 aliphatic heterocycles. The van der Waals surface area contributed by atoms with Gasteiger partial charge >= 0.3 is 0 Å². The minimum Gasteiger partial charge on any atom is -0.206 e. The summed E-state index contributed by atoms with van der Waals surface area (Å²) in [6.07, 6.45) is 4.89. The molecule has 0 saturated heterocycles. The van der Waals surface area contributed by atoms with E-state index >= 15 is 0 Å². The zero-order valence-corrected chi connectivity index (χ0v) is 19.4. The maximum atomic E-state index is 14.3. The van der Waals surface area contributed by atoms with Crippen LogP contribution in [0.3, 0.4) is 0 Å². The van der Waals surface area contributed by atoms with Gasteiger partial charge in [0.25, 0.3) is 0 Å². The molecule has 0 saturated carbocycles. The Morgan fingerprint density at radius 2 is 1.48 bits per heavy atom. The van der Waals surface area contributed by atoms with E-state index in [9.17, 15) is 8.78 Å². The Balaban J connectivity index is 1.52. The highest BCUT2D eigenvalue weighted by Crippen LogP contribution is 2.38. The van der Waals surface area contributed by atoms with Crippen LogP contribution in [0.4, 0.5) is 8.78 Å². The molecule has 0 fully saturated rings. The van der Waals surface area contributed by atoms with Crippen molar-refractivity contribution in [2.24, 2.45) is 0 Å². The molecule has 0 amide bonds. The monoisotopic (exact) mass is 450 g/mol. The average molecular weight is 451 g/mol. The second-order valence-corrected chi connectivity index (χ2v) is 9.92. The van der Waals surface area contributed by atoms with Gasteiger partial charge in [-0.2, -0.15) is 0 Å². The van der Waals surface area contributed by atoms with E-state index in [2.05, 4.69) is 37.8 Å². The minimum atomic E-state index is -0.587. The quantitative estimate of drug-likeness (QED) is 0.258. The summed E-state index contributed by atoms with van der Waals surface area (Å²) in [7, 11) is 0. The molecule has 31 heavy (non-hydrogen) atoms. The number of aryl methyl sites for hydroxylation is 2. The third-order valence-electron chi connectivity index (χ3n) is 5.18. The van der Waals surface area contributed by atoms with Crippen molar-refractivity contribution in [1.82, 2.24) is 0 Å². The van der Waals surface area contributed by atoms with Gasteiger partial charge in [-0.3, -0.25) is 0 Å². The molecule has 2 aromatic heterocycles. The fourth-order valence-corrected chi connectivity index (χ4v) is 6.05. The lowest BCUT2D eigenvalue weighted by molar-refractivity contribution is 0.572. The van der Waals surface area contributed by atoms with Gasteiger partial charge in [0, 0.05) is 24.7 Å². The minimum absolute atomic E-state index is 0.161. The summed E-state index contributed by atoms with van der Waals surface area (Å²) < 4.78 is 31.3. The van der Waals surface area contributed by atoms with Crippen LogP contribution in [0.5, 0.6) is 0 Å². The van der Waals surface area contributed by atoms with E-state index in [1.165, 1.54) is 37.7 Å². The normalized spacial score (nSPS) is 11.0. The van der Waals surface area contributed by atoms with Crippen LogP contribution in [0.2, 0.25) is 0 Å². The van der Waals surface area contributed by atoms with Crippen LogP contribution < -0.4 is 0 Å². The van der Waals surface area contributed by atoms with E-state index in [1.54, 1.807) is 11.3 Å². The van der Waals surface area contributed by atoms with Gasteiger partial charge in [0.05, 0.1) is 5.56 Å². The highest BCUT2D eigenvalue weighted by molar-refractivity contribution is 7.29. The van der Waals surface area contributed by atoms with Crippen molar-refractivity contribution < 1.29 is 8.78 Å². The Kier molecular flexibility index (Phi) is 6.85. The maximum absolute atomic E-state index is 14.3. The lowest BCUT2D eigenvalue weighted by Gasteiger charge is -2.03. The fraction of sp³-hybridized carbons (Fsp3) is 0.259. The molecule has 0 unspecified atom stereocenters. The van der Waals surface area contributed by atoms with Gasteiger partial charge in [0.2, 0.25) is 0 Å². The van der Waals surface area contributed by atoms with Gasteiger partial charge in [0.15, 0.2) is 0 Å². The van der Waals surface area contributed by atoms with E-state index in [0.29, 0.717) is 12.0 Å². The number of fused-ring (bicyclic) bond motifs is 1. The molecule has 4 heteroatoms. The zero-order chi connectivity index (χ0) is 21.8. The van der Waals surface area contributed by atoms with Crippen molar-refractivity contribution in [3.8, 4) is 22.3 Å². The highest BCUT2D eigenvalue weighted by Gasteiger charge is 2.10. The van der Waals surface area contributed by atoms with E-state index in [1.807, 2.05) is 35.6 Å². The largest absolute Gasteiger partial charge is 0.206 e. The van der Waals surface area contributed by atoms with Crippen LogP contribution in [0.25, 0.3) is 19.8 Å². The Morgan fingerprint density at radius 1 is 0.774 bits per heavy atom. The molecule has 0 nitrogen and oxygen atoms in total. The van der Waals surface area contributed by atoms with Gasteiger partial charge < -0.3 is 0 Å². The first kappa shape index (κ1) is 21.7. The number of unbranched alkanes of at least 4 members (excludes halogenated alkanes) is 1. The molecule has 0 spiro atoms. The summed E-state index contributed by atoms with van der Waals surface area (Å²) in [4.78, 5) is 2.67. The molecular weight excluding hydrogens is 426 g/mol. The first-order valence-corrected chi connectivity index (χ1v) is 12.3. The smallest absolute Gasteiger partial charge is 0.142 e. The number of halogens is 2. The maximum Gasteiger partial charge on any atom is 0.142 e. The van der Waals surface area contributed by atoms with Crippen LogP contribution in [0.1, 0.15) is 54.7 Å². The molecule has 0 bridgehead atoms. The summed E-state index contributed by atoms with van der Waals surface area (Å²) in [5, 5.41) is 0. The molecule has 0 aliphatic carbocycles. The second kappa shape index (κ2) is 9.77. The number of hydrogen-bond donors (Lipinski definition) is 0. The molecule has 0 aliphatic rings. The number of hydrogen-bond acceptors (Lipinski definition) is 2. The molecule has 2 aromatic carbocycles. The van der Waals surface area contributed by atoms with Crippen LogP contribution in [-0.4, -0.2) is 0 Å². The Labute approximate surface area is 190 Å².